The Morgan fingerprint density at radius 3 is 1.92 bits per heavy atom. The highest BCUT2D eigenvalue weighted by atomic mass is 32.1. The van der Waals surface area contributed by atoms with Gasteiger partial charge in [0.15, 0.2) is 11.6 Å². The summed E-state index contributed by atoms with van der Waals surface area (Å²) in [5.41, 5.74) is 8.16. The second kappa shape index (κ2) is 10.9. The summed E-state index contributed by atoms with van der Waals surface area (Å²) in [5, 5.41) is 6.99. The summed E-state index contributed by atoms with van der Waals surface area (Å²) in [6, 6.07) is 54.9. The van der Waals surface area contributed by atoms with Gasteiger partial charge in [0.2, 0.25) is 5.95 Å². The third kappa shape index (κ3) is 4.30. The normalized spacial score (nSPS) is 11.9. The smallest absolute Gasteiger partial charge is 0.238 e. The van der Waals surface area contributed by atoms with E-state index in [4.69, 9.17) is 19.4 Å². The molecule has 11 aromatic rings. The van der Waals surface area contributed by atoms with Gasteiger partial charge in [0, 0.05) is 52.8 Å². The summed E-state index contributed by atoms with van der Waals surface area (Å²) in [6.45, 7) is 0. The van der Waals surface area contributed by atoms with Crippen molar-refractivity contribution in [3.8, 4) is 39.9 Å². The second-order valence-corrected chi connectivity index (χ2v) is 13.8. The van der Waals surface area contributed by atoms with Crippen molar-refractivity contribution in [2.24, 2.45) is 0 Å². The lowest BCUT2D eigenvalue weighted by Crippen LogP contribution is -2.06. The molecule has 0 spiro atoms. The maximum atomic E-state index is 6.23. The molecule has 0 aliphatic heterocycles. The zero-order chi connectivity index (χ0) is 33.5. The van der Waals surface area contributed by atoms with Gasteiger partial charge in [-0.3, -0.25) is 4.57 Å². The molecule has 0 amide bonds. The van der Waals surface area contributed by atoms with Crippen LogP contribution >= 0.6 is 11.3 Å². The minimum absolute atomic E-state index is 0.595. The Morgan fingerprint density at radius 1 is 0.451 bits per heavy atom. The number of nitrogens with zero attached hydrogens (tertiary/aromatic N) is 4. The Bertz CT molecular complexity index is 3100. The first kappa shape index (κ1) is 28.2. The van der Waals surface area contributed by atoms with Gasteiger partial charge in [0.1, 0.15) is 11.2 Å². The van der Waals surface area contributed by atoms with E-state index in [2.05, 4.69) is 132 Å². The Labute approximate surface area is 295 Å². The fourth-order valence-corrected chi connectivity index (χ4v) is 8.79. The Morgan fingerprint density at radius 2 is 1.10 bits per heavy atom. The molecule has 0 aliphatic rings. The molecule has 0 saturated carbocycles. The van der Waals surface area contributed by atoms with Gasteiger partial charge in [-0.1, -0.05) is 115 Å². The van der Waals surface area contributed by atoms with E-state index in [9.17, 15) is 0 Å². The molecule has 0 unspecified atom stereocenters. The maximum absolute atomic E-state index is 6.23. The van der Waals surface area contributed by atoms with Crippen LogP contribution in [0.1, 0.15) is 0 Å². The summed E-state index contributed by atoms with van der Waals surface area (Å²) in [7, 11) is 0. The minimum atomic E-state index is 0.595. The van der Waals surface area contributed by atoms with E-state index in [0.717, 1.165) is 70.7 Å². The van der Waals surface area contributed by atoms with Crippen LogP contribution in [-0.2, 0) is 0 Å². The standard InChI is InChI=1S/C45H26N4OS/c1-2-12-27(13-3-1)43-46-44(48-45(47-43)49-36-20-7-4-14-30(36)31-15-5-8-21-37(31)49)34-19-10-18-32-35-26-28(24-25-40(35)51-42(32)34)29-17-11-23-39-41(29)33-16-6-9-22-38(33)50-39/h1-26H. The van der Waals surface area contributed by atoms with Gasteiger partial charge in [-0.15, -0.1) is 11.3 Å². The van der Waals surface area contributed by atoms with Crippen LogP contribution in [0.15, 0.2) is 162 Å². The lowest BCUT2D eigenvalue weighted by atomic mass is 9.98. The largest absolute Gasteiger partial charge is 0.456 e. The van der Waals surface area contributed by atoms with E-state index in [1.807, 2.05) is 30.3 Å². The van der Waals surface area contributed by atoms with Crippen LogP contribution < -0.4 is 0 Å². The molecule has 238 valence electrons. The number of thiophene rings is 1. The molecular weight excluding hydrogens is 645 g/mol. The highest BCUT2D eigenvalue weighted by Crippen LogP contribution is 2.43. The molecule has 4 heterocycles. The van der Waals surface area contributed by atoms with Crippen molar-refractivity contribution >= 4 is 75.3 Å². The lowest BCUT2D eigenvalue weighted by molar-refractivity contribution is 0.669. The van der Waals surface area contributed by atoms with E-state index >= 15 is 0 Å². The number of para-hydroxylation sites is 3. The van der Waals surface area contributed by atoms with Crippen molar-refractivity contribution in [1.82, 2.24) is 19.5 Å². The lowest BCUT2D eigenvalue weighted by Gasteiger charge is -2.11. The number of fused-ring (bicyclic) bond motifs is 9. The molecule has 0 N–H and O–H groups in total. The monoisotopic (exact) mass is 670 g/mol. The van der Waals surface area contributed by atoms with Gasteiger partial charge in [0.05, 0.1) is 11.0 Å². The van der Waals surface area contributed by atoms with Crippen molar-refractivity contribution in [3.05, 3.63) is 158 Å². The summed E-state index contributed by atoms with van der Waals surface area (Å²) in [6.07, 6.45) is 0. The molecule has 6 heteroatoms. The van der Waals surface area contributed by atoms with Crippen LogP contribution in [0.4, 0.5) is 0 Å². The minimum Gasteiger partial charge on any atom is -0.456 e. The summed E-state index contributed by atoms with van der Waals surface area (Å²) in [4.78, 5) is 15.5. The Hall–Kier alpha value is -6.63. The molecule has 11 rings (SSSR count). The molecule has 7 aromatic carbocycles. The highest BCUT2D eigenvalue weighted by molar-refractivity contribution is 7.26. The number of furan rings is 1. The zero-order valence-electron chi connectivity index (χ0n) is 27.1. The average molecular weight is 671 g/mol. The van der Waals surface area contributed by atoms with Crippen molar-refractivity contribution in [2.45, 2.75) is 0 Å². The Balaban J connectivity index is 1.14. The first-order chi connectivity index (χ1) is 25.3. The number of benzene rings is 7. The van der Waals surface area contributed by atoms with E-state index in [1.54, 1.807) is 11.3 Å². The maximum Gasteiger partial charge on any atom is 0.238 e. The molecule has 0 bridgehead atoms. The van der Waals surface area contributed by atoms with Crippen molar-refractivity contribution < 1.29 is 4.42 Å². The van der Waals surface area contributed by atoms with Crippen LogP contribution in [-0.4, -0.2) is 19.5 Å². The first-order valence-corrected chi connectivity index (χ1v) is 17.8. The molecule has 0 fully saturated rings. The Kier molecular flexibility index (Phi) is 6.05. The molecule has 0 aliphatic carbocycles. The predicted octanol–water partition coefficient (Wildman–Crippen LogP) is 12.2. The zero-order valence-corrected chi connectivity index (χ0v) is 27.9. The van der Waals surface area contributed by atoms with E-state index in [-0.39, 0.29) is 0 Å². The number of hydrogen-bond acceptors (Lipinski definition) is 5. The summed E-state index contributed by atoms with van der Waals surface area (Å²) in [5.74, 6) is 1.88. The molecular formula is C45H26N4OS. The van der Waals surface area contributed by atoms with Gasteiger partial charge < -0.3 is 4.42 Å². The van der Waals surface area contributed by atoms with E-state index in [1.165, 1.54) is 15.5 Å². The number of aromatic nitrogens is 4. The molecule has 0 atom stereocenters. The topological polar surface area (TPSA) is 56.7 Å². The van der Waals surface area contributed by atoms with Crippen molar-refractivity contribution in [1.29, 1.82) is 0 Å². The van der Waals surface area contributed by atoms with Crippen LogP contribution in [0.25, 0.3) is 104 Å². The molecule has 51 heavy (non-hydrogen) atoms. The number of hydrogen-bond donors (Lipinski definition) is 0. The van der Waals surface area contributed by atoms with Gasteiger partial charge in [-0.05, 0) is 53.6 Å². The molecule has 0 radical (unpaired) electrons. The van der Waals surface area contributed by atoms with Crippen LogP contribution in [0.5, 0.6) is 0 Å². The third-order valence-corrected chi connectivity index (χ3v) is 11.1. The van der Waals surface area contributed by atoms with Crippen LogP contribution in [0.3, 0.4) is 0 Å². The molecule has 4 aromatic heterocycles. The van der Waals surface area contributed by atoms with Gasteiger partial charge in [0.25, 0.3) is 0 Å². The average Bonchev–Trinajstić information content (AvgIpc) is 3.87. The fourth-order valence-electron chi connectivity index (χ4n) is 7.60. The van der Waals surface area contributed by atoms with E-state index < -0.39 is 0 Å². The first-order valence-electron chi connectivity index (χ1n) is 16.9. The van der Waals surface area contributed by atoms with E-state index in [0.29, 0.717) is 17.6 Å². The van der Waals surface area contributed by atoms with Gasteiger partial charge in [-0.2, -0.15) is 9.97 Å². The molecule has 0 saturated heterocycles. The SMILES string of the molecule is c1ccc(-c2nc(-c3cccc4c3sc3ccc(-c5cccc6oc7ccccc7c56)cc34)nc(-n3c4ccccc4c4ccccc43)n2)cc1. The third-order valence-electron chi connectivity index (χ3n) is 9.89. The second-order valence-electron chi connectivity index (χ2n) is 12.8. The summed E-state index contributed by atoms with van der Waals surface area (Å²) >= 11 is 1.78. The predicted molar refractivity (Wildman–Crippen MR) is 211 cm³/mol. The van der Waals surface area contributed by atoms with Crippen LogP contribution in [0.2, 0.25) is 0 Å². The fraction of sp³-hybridized carbons (Fsp3) is 0. The number of rotatable bonds is 4. The molecule has 5 nitrogen and oxygen atoms in total. The van der Waals surface area contributed by atoms with Crippen LogP contribution in [0, 0.1) is 0 Å². The van der Waals surface area contributed by atoms with Crippen molar-refractivity contribution in [2.75, 3.05) is 0 Å². The van der Waals surface area contributed by atoms with Gasteiger partial charge >= 0.3 is 0 Å². The van der Waals surface area contributed by atoms with Crippen molar-refractivity contribution in [3.63, 3.8) is 0 Å². The quantitative estimate of drug-likeness (QED) is 0.187. The van der Waals surface area contributed by atoms with Gasteiger partial charge in [-0.25, -0.2) is 4.98 Å². The summed E-state index contributed by atoms with van der Waals surface area (Å²) < 4.78 is 10.8. The highest BCUT2D eigenvalue weighted by Gasteiger charge is 2.20.